The molecule has 6 heteroatoms. The molecule has 0 saturated carbocycles. The second-order valence-corrected chi connectivity index (χ2v) is 11.8. The first-order chi connectivity index (χ1) is 17.5. The molecular weight excluding hydrogens is 506 g/mol. The number of likely N-dealkylation sites (tertiary alicyclic amines) is 1. The van der Waals surface area contributed by atoms with Crippen LogP contribution in [0.15, 0.2) is 65.5 Å². The van der Waals surface area contributed by atoms with Gasteiger partial charge in [0.25, 0.3) is 5.56 Å². The van der Waals surface area contributed by atoms with Gasteiger partial charge >= 0.3 is 0 Å². The maximum absolute atomic E-state index is 14.2. The summed E-state index contributed by atoms with van der Waals surface area (Å²) >= 11 is 13.2. The molecule has 2 heterocycles. The van der Waals surface area contributed by atoms with Crippen molar-refractivity contribution >= 4 is 34.1 Å². The van der Waals surface area contributed by atoms with Crippen LogP contribution in [0.3, 0.4) is 0 Å². The number of rotatable bonds is 3. The van der Waals surface area contributed by atoms with E-state index in [0.717, 1.165) is 48.0 Å². The molecule has 4 aromatic rings. The van der Waals surface area contributed by atoms with Crippen molar-refractivity contribution < 1.29 is 4.39 Å². The van der Waals surface area contributed by atoms with Crippen molar-refractivity contribution in [1.29, 1.82) is 0 Å². The first kappa shape index (κ1) is 26.0. The smallest absolute Gasteiger partial charge is 0.255 e. The lowest BCUT2D eigenvalue weighted by Gasteiger charge is -2.41. The summed E-state index contributed by atoms with van der Waals surface area (Å²) in [5.74, 6) is 0.104. The van der Waals surface area contributed by atoms with Crippen LogP contribution in [0, 0.1) is 12.7 Å². The molecule has 37 heavy (non-hydrogen) atoms. The van der Waals surface area contributed by atoms with Crippen LogP contribution < -0.4 is 5.56 Å². The zero-order valence-corrected chi connectivity index (χ0v) is 23.1. The maximum atomic E-state index is 14.2. The Kier molecular flexibility index (Phi) is 6.95. The van der Waals surface area contributed by atoms with Gasteiger partial charge in [-0.1, -0.05) is 41.4 Å². The SMILES string of the molecule is Cc1cc(-c2cc(C3CCN(C(C)(C)C)CC3)cc3c2ccc(=O)n3-c2c(Cl)cccc2Cl)ccc1F. The van der Waals surface area contributed by atoms with E-state index < -0.39 is 0 Å². The number of aryl methyl sites for hydroxylation is 1. The van der Waals surface area contributed by atoms with Crippen LogP contribution in [-0.2, 0) is 0 Å². The number of piperidine rings is 1. The van der Waals surface area contributed by atoms with Gasteiger partial charge in [-0.2, -0.15) is 0 Å². The Hall–Kier alpha value is -2.66. The highest BCUT2D eigenvalue weighted by atomic mass is 35.5. The highest BCUT2D eigenvalue weighted by Crippen LogP contribution is 2.39. The lowest BCUT2D eigenvalue weighted by Crippen LogP contribution is -2.45. The van der Waals surface area contributed by atoms with E-state index in [0.29, 0.717) is 27.2 Å². The van der Waals surface area contributed by atoms with Gasteiger partial charge in [-0.3, -0.25) is 14.3 Å². The number of benzene rings is 3. The fourth-order valence-corrected chi connectivity index (χ4v) is 6.04. The fraction of sp³-hybridized carbons (Fsp3) is 0.323. The summed E-state index contributed by atoms with van der Waals surface area (Å²) in [5.41, 5.74) is 4.77. The molecule has 192 valence electrons. The third kappa shape index (κ3) is 4.95. The molecule has 0 N–H and O–H groups in total. The van der Waals surface area contributed by atoms with Gasteiger partial charge in [-0.05, 0) is 118 Å². The molecule has 3 nitrogen and oxygen atoms in total. The van der Waals surface area contributed by atoms with Crippen molar-refractivity contribution in [1.82, 2.24) is 9.47 Å². The molecule has 0 radical (unpaired) electrons. The first-order valence-corrected chi connectivity index (χ1v) is 13.5. The van der Waals surface area contributed by atoms with Gasteiger partial charge in [0.1, 0.15) is 5.82 Å². The van der Waals surface area contributed by atoms with E-state index in [-0.39, 0.29) is 16.9 Å². The third-order valence-electron chi connectivity index (χ3n) is 7.58. The van der Waals surface area contributed by atoms with Gasteiger partial charge in [0, 0.05) is 17.0 Å². The normalized spacial score (nSPS) is 15.4. The molecule has 0 bridgehead atoms. The molecule has 0 amide bonds. The molecule has 0 aliphatic carbocycles. The van der Waals surface area contributed by atoms with Crippen LogP contribution in [0.2, 0.25) is 10.0 Å². The Balaban J connectivity index is 1.76. The largest absolute Gasteiger partial charge is 0.298 e. The Bertz CT molecular complexity index is 1530. The van der Waals surface area contributed by atoms with E-state index in [2.05, 4.69) is 37.8 Å². The molecule has 1 aliphatic heterocycles. The molecule has 0 atom stereocenters. The van der Waals surface area contributed by atoms with E-state index >= 15 is 0 Å². The van der Waals surface area contributed by atoms with E-state index in [1.807, 2.05) is 12.1 Å². The van der Waals surface area contributed by atoms with Gasteiger partial charge in [-0.15, -0.1) is 0 Å². The second-order valence-electron chi connectivity index (χ2n) is 11.0. The highest BCUT2D eigenvalue weighted by molar-refractivity contribution is 6.37. The molecule has 1 saturated heterocycles. The van der Waals surface area contributed by atoms with Crippen LogP contribution in [-0.4, -0.2) is 28.1 Å². The van der Waals surface area contributed by atoms with Crippen molar-refractivity contribution in [3.05, 3.63) is 98.0 Å². The monoisotopic (exact) mass is 536 g/mol. The molecule has 5 rings (SSSR count). The summed E-state index contributed by atoms with van der Waals surface area (Å²) < 4.78 is 15.8. The highest BCUT2D eigenvalue weighted by Gasteiger charge is 2.28. The average molecular weight is 538 g/mol. The van der Waals surface area contributed by atoms with Crippen molar-refractivity contribution in [3.8, 4) is 16.8 Å². The minimum absolute atomic E-state index is 0.131. The first-order valence-electron chi connectivity index (χ1n) is 12.7. The van der Waals surface area contributed by atoms with Crippen LogP contribution in [0.25, 0.3) is 27.7 Å². The summed E-state index contributed by atoms with van der Waals surface area (Å²) in [4.78, 5) is 15.8. The average Bonchev–Trinajstić information content (AvgIpc) is 2.85. The number of para-hydroxylation sites is 1. The fourth-order valence-electron chi connectivity index (χ4n) is 5.47. The lowest BCUT2D eigenvalue weighted by molar-refractivity contribution is 0.102. The predicted molar refractivity (Wildman–Crippen MR) is 153 cm³/mol. The number of hydrogen-bond donors (Lipinski definition) is 0. The summed E-state index contributed by atoms with van der Waals surface area (Å²) in [5, 5.41) is 1.70. The quantitative estimate of drug-likeness (QED) is 0.262. The maximum Gasteiger partial charge on any atom is 0.255 e. The van der Waals surface area contributed by atoms with Gasteiger partial charge in [0.05, 0.1) is 21.2 Å². The molecular formula is C31H31Cl2FN2O. The Labute approximate surface area is 227 Å². The minimum Gasteiger partial charge on any atom is -0.298 e. The summed E-state index contributed by atoms with van der Waals surface area (Å²) in [6, 6.07) is 18.2. The summed E-state index contributed by atoms with van der Waals surface area (Å²) in [7, 11) is 0. The van der Waals surface area contributed by atoms with Crippen LogP contribution in [0.5, 0.6) is 0 Å². The molecule has 0 spiro atoms. The van der Waals surface area contributed by atoms with Crippen LogP contribution in [0.4, 0.5) is 4.39 Å². The molecule has 1 aliphatic rings. The van der Waals surface area contributed by atoms with Crippen molar-refractivity contribution in [2.24, 2.45) is 0 Å². The summed E-state index contributed by atoms with van der Waals surface area (Å²) in [6.45, 7) is 10.6. The number of halogens is 3. The van der Waals surface area contributed by atoms with Gasteiger partial charge < -0.3 is 0 Å². The number of fused-ring (bicyclic) bond motifs is 1. The van der Waals surface area contributed by atoms with Gasteiger partial charge in [0.15, 0.2) is 0 Å². The molecule has 0 unspecified atom stereocenters. The van der Waals surface area contributed by atoms with Crippen LogP contribution in [0.1, 0.15) is 50.7 Å². The van der Waals surface area contributed by atoms with Gasteiger partial charge in [-0.25, -0.2) is 4.39 Å². The van der Waals surface area contributed by atoms with E-state index in [4.69, 9.17) is 23.2 Å². The van der Waals surface area contributed by atoms with Crippen molar-refractivity contribution in [2.75, 3.05) is 13.1 Å². The number of pyridine rings is 1. The Morgan fingerprint density at radius 3 is 2.22 bits per heavy atom. The Morgan fingerprint density at radius 2 is 1.59 bits per heavy atom. The molecule has 1 fully saturated rings. The number of aromatic nitrogens is 1. The third-order valence-corrected chi connectivity index (χ3v) is 8.19. The minimum atomic E-state index is -0.237. The lowest BCUT2D eigenvalue weighted by atomic mass is 9.85. The number of hydrogen-bond acceptors (Lipinski definition) is 2. The zero-order valence-electron chi connectivity index (χ0n) is 21.6. The Morgan fingerprint density at radius 1 is 0.919 bits per heavy atom. The van der Waals surface area contributed by atoms with Crippen LogP contribution >= 0.6 is 23.2 Å². The number of nitrogens with zero attached hydrogens (tertiary/aromatic N) is 2. The van der Waals surface area contributed by atoms with Crippen molar-refractivity contribution in [3.63, 3.8) is 0 Å². The zero-order chi connectivity index (χ0) is 26.5. The molecule has 1 aromatic heterocycles. The van der Waals surface area contributed by atoms with E-state index in [1.165, 1.54) is 11.6 Å². The molecule has 3 aromatic carbocycles. The predicted octanol–water partition coefficient (Wildman–Crippen LogP) is 8.39. The van der Waals surface area contributed by atoms with Gasteiger partial charge in [0.2, 0.25) is 0 Å². The van der Waals surface area contributed by atoms with Crippen molar-refractivity contribution in [2.45, 2.75) is 52.0 Å². The topological polar surface area (TPSA) is 25.2 Å². The van der Waals surface area contributed by atoms with E-state index in [9.17, 15) is 9.18 Å². The second kappa shape index (κ2) is 9.90. The summed E-state index contributed by atoms with van der Waals surface area (Å²) in [6.07, 6.45) is 2.04. The standard InChI is InChI=1S/C31H31Cl2FN2O/c1-19-16-21(8-10-27(19)34)24-17-22(20-12-14-35(15-13-20)31(2,3)4)18-28-23(24)9-11-29(37)36(28)30-25(32)6-5-7-26(30)33/h5-11,16-18,20H,12-15H2,1-4H3. The van der Waals surface area contributed by atoms with E-state index in [1.54, 1.807) is 41.8 Å².